The largest absolute Gasteiger partial charge is 0.454 e. The zero-order valence-electron chi connectivity index (χ0n) is 9.82. The summed E-state index contributed by atoms with van der Waals surface area (Å²) >= 11 is 9.26. The molecular weight excluding hydrogens is 332 g/mol. The quantitative estimate of drug-likeness (QED) is 0.921. The number of halogens is 2. The van der Waals surface area contributed by atoms with Crippen molar-refractivity contribution >= 4 is 33.3 Å². The average molecular weight is 342 g/mol. The molecule has 0 radical (unpaired) electrons. The normalized spacial score (nSPS) is 12.5. The standard InChI is InChI=1S/C13H10BrClN2O2/c14-10-4-9(15)6-17-13(10)16-5-8-1-2-11-12(3-8)19-7-18-11/h1-4,6H,5,7H2,(H,16,17). The molecule has 3 rings (SSSR count). The molecule has 1 aromatic carbocycles. The van der Waals surface area contributed by atoms with Crippen LogP contribution < -0.4 is 14.8 Å². The van der Waals surface area contributed by atoms with Gasteiger partial charge in [0.2, 0.25) is 6.79 Å². The van der Waals surface area contributed by atoms with Gasteiger partial charge in [-0.3, -0.25) is 0 Å². The molecule has 0 fully saturated rings. The molecule has 6 heteroatoms. The van der Waals surface area contributed by atoms with Crippen LogP contribution in [0.15, 0.2) is 34.9 Å². The molecule has 4 nitrogen and oxygen atoms in total. The first-order valence-electron chi connectivity index (χ1n) is 5.66. The van der Waals surface area contributed by atoms with Crippen molar-refractivity contribution in [1.29, 1.82) is 0 Å². The van der Waals surface area contributed by atoms with E-state index in [1.807, 2.05) is 18.2 Å². The molecule has 0 aliphatic carbocycles. The summed E-state index contributed by atoms with van der Waals surface area (Å²) < 4.78 is 11.4. The number of rotatable bonds is 3. The molecule has 0 spiro atoms. The van der Waals surface area contributed by atoms with E-state index in [-0.39, 0.29) is 6.79 Å². The van der Waals surface area contributed by atoms with Crippen molar-refractivity contribution < 1.29 is 9.47 Å². The van der Waals surface area contributed by atoms with Crippen LogP contribution in [0.3, 0.4) is 0 Å². The lowest BCUT2D eigenvalue weighted by Crippen LogP contribution is -2.02. The third kappa shape index (κ3) is 2.77. The van der Waals surface area contributed by atoms with Crippen LogP contribution in [-0.4, -0.2) is 11.8 Å². The first-order valence-corrected chi connectivity index (χ1v) is 6.83. The summed E-state index contributed by atoms with van der Waals surface area (Å²) in [5.74, 6) is 2.32. The minimum atomic E-state index is 0.288. The third-order valence-electron chi connectivity index (χ3n) is 2.70. The van der Waals surface area contributed by atoms with Gasteiger partial charge < -0.3 is 14.8 Å². The molecule has 1 aliphatic heterocycles. The molecule has 1 aromatic heterocycles. The van der Waals surface area contributed by atoms with E-state index in [4.69, 9.17) is 21.1 Å². The Hall–Kier alpha value is -1.46. The number of nitrogens with one attached hydrogen (secondary N) is 1. The summed E-state index contributed by atoms with van der Waals surface area (Å²) in [6, 6.07) is 7.66. The van der Waals surface area contributed by atoms with Crippen molar-refractivity contribution in [3.63, 3.8) is 0 Å². The zero-order chi connectivity index (χ0) is 13.2. The van der Waals surface area contributed by atoms with Crippen LogP contribution in [-0.2, 0) is 6.54 Å². The zero-order valence-corrected chi connectivity index (χ0v) is 12.2. The third-order valence-corrected chi connectivity index (χ3v) is 3.52. The molecule has 98 valence electrons. The Labute approximate surface area is 123 Å². The Kier molecular flexibility index (Phi) is 3.48. The molecule has 0 bridgehead atoms. The van der Waals surface area contributed by atoms with Gasteiger partial charge in [-0.25, -0.2) is 4.98 Å². The Morgan fingerprint density at radius 1 is 1.26 bits per heavy atom. The summed E-state index contributed by atoms with van der Waals surface area (Å²) in [7, 11) is 0. The first kappa shape index (κ1) is 12.6. The number of ether oxygens (including phenoxy) is 2. The van der Waals surface area contributed by atoms with Crippen LogP contribution in [0, 0.1) is 0 Å². The minimum Gasteiger partial charge on any atom is -0.454 e. The van der Waals surface area contributed by atoms with Gasteiger partial charge >= 0.3 is 0 Å². The second-order valence-corrected chi connectivity index (χ2v) is 5.32. The number of nitrogens with zero attached hydrogens (tertiary/aromatic N) is 1. The summed E-state index contributed by atoms with van der Waals surface area (Å²) in [5, 5.41) is 3.83. The van der Waals surface area contributed by atoms with E-state index in [1.165, 1.54) is 0 Å². The molecule has 0 saturated heterocycles. The van der Waals surface area contributed by atoms with Gasteiger partial charge in [-0.15, -0.1) is 0 Å². The van der Waals surface area contributed by atoms with Gasteiger partial charge in [-0.2, -0.15) is 0 Å². The molecule has 19 heavy (non-hydrogen) atoms. The van der Waals surface area contributed by atoms with Crippen LogP contribution in [0.5, 0.6) is 11.5 Å². The average Bonchev–Trinajstić information content (AvgIpc) is 2.85. The molecular formula is C13H10BrClN2O2. The van der Waals surface area contributed by atoms with Gasteiger partial charge in [0.15, 0.2) is 11.5 Å². The van der Waals surface area contributed by atoms with E-state index in [0.29, 0.717) is 11.6 Å². The molecule has 2 heterocycles. The van der Waals surface area contributed by atoms with Gasteiger partial charge in [0.05, 0.1) is 9.50 Å². The highest BCUT2D eigenvalue weighted by molar-refractivity contribution is 9.10. The fourth-order valence-electron chi connectivity index (χ4n) is 1.78. The maximum atomic E-state index is 5.85. The van der Waals surface area contributed by atoms with Crippen molar-refractivity contribution in [2.24, 2.45) is 0 Å². The predicted molar refractivity (Wildman–Crippen MR) is 76.8 cm³/mol. The number of pyridine rings is 1. The lowest BCUT2D eigenvalue weighted by Gasteiger charge is -2.08. The van der Waals surface area contributed by atoms with Crippen molar-refractivity contribution in [1.82, 2.24) is 4.98 Å². The van der Waals surface area contributed by atoms with Crippen LogP contribution in [0.4, 0.5) is 5.82 Å². The van der Waals surface area contributed by atoms with Crippen molar-refractivity contribution in [3.05, 3.63) is 45.5 Å². The van der Waals surface area contributed by atoms with E-state index < -0.39 is 0 Å². The van der Waals surface area contributed by atoms with Gasteiger partial charge in [0.1, 0.15) is 5.82 Å². The van der Waals surface area contributed by atoms with Crippen LogP contribution >= 0.6 is 27.5 Å². The number of hydrogen-bond donors (Lipinski definition) is 1. The minimum absolute atomic E-state index is 0.288. The van der Waals surface area contributed by atoms with Crippen LogP contribution in [0.1, 0.15) is 5.56 Å². The summed E-state index contributed by atoms with van der Waals surface area (Å²) in [6.45, 7) is 0.931. The number of benzene rings is 1. The van der Waals surface area contributed by atoms with E-state index in [1.54, 1.807) is 12.3 Å². The van der Waals surface area contributed by atoms with E-state index in [0.717, 1.165) is 27.4 Å². The molecule has 0 amide bonds. The summed E-state index contributed by atoms with van der Waals surface area (Å²) in [5.41, 5.74) is 1.09. The molecule has 2 aromatic rings. The van der Waals surface area contributed by atoms with Gasteiger partial charge in [-0.1, -0.05) is 17.7 Å². The Morgan fingerprint density at radius 2 is 2.11 bits per heavy atom. The second-order valence-electron chi connectivity index (χ2n) is 4.03. The Balaban J connectivity index is 1.72. The number of aromatic nitrogens is 1. The van der Waals surface area contributed by atoms with Crippen LogP contribution in [0.25, 0.3) is 0 Å². The van der Waals surface area contributed by atoms with Crippen LogP contribution in [0.2, 0.25) is 5.02 Å². The van der Waals surface area contributed by atoms with Gasteiger partial charge in [-0.05, 0) is 39.7 Å². The second kappa shape index (κ2) is 5.27. The van der Waals surface area contributed by atoms with E-state index in [2.05, 4.69) is 26.2 Å². The van der Waals surface area contributed by atoms with Crippen molar-refractivity contribution in [3.8, 4) is 11.5 Å². The molecule has 0 atom stereocenters. The SMILES string of the molecule is Clc1cnc(NCc2ccc3c(c2)OCO3)c(Br)c1. The maximum absolute atomic E-state index is 5.85. The monoisotopic (exact) mass is 340 g/mol. The number of hydrogen-bond acceptors (Lipinski definition) is 4. The Bertz CT molecular complexity index is 622. The Morgan fingerprint density at radius 3 is 2.95 bits per heavy atom. The predicted octanol–water partition coefficient (Wildman–Crippen LogP) is 3.84. The summed E-state index contributed by atoms with van der Waals surface area (Å²) in [6.07, 6.45) is 1.61. The van der Waals surface area contributed by atoms with Gasteiger partial charge in [0, 0.05) is 12.7 Å². The fourth-order valence-corrected chi connectivity index (χ4v) is 2.56. The van der Waals surface area contributed by atoms with E-state index in [9.17, 15) is 0 Å². The smallest absolute Gasteiger partial charge is 0.231 e. The highest BCUT2D eigenvalue weighted by Crippen LogP contribution is 2.32. The maximum Gasteiger partial charge on any atom is 0.231 e. The number of anilines is 1. The lowest BCUT2D eigenvalue weighted by molar-refractivity contribution is 0.174. The fraction of sp³-hybridized carbons (Fsp3) is 0.154. The number of fused-ring (bicyclic) bond motifs is 1. The summed E-state index contributed by atoms with van der Waals surface area (Å²) in [4.78, 5) is 4.22. The van der Waals surface area contributed by atoms with E-state index >= 15 is 0 Å². The molecule has 0 saturated carbocycles. The first-order chi connectivity index (χ1) is 9.22. The van der Waals surface area contributed by atoms with Crippen molar-refractivity contribution in [2.45, 2.75) is 6.54 Å². The molecule has 1 aliphatic rings. The van der Waals surface area contributed by atoms with Crippen molar-refractivity contribution in [2.75, 3.05) is 12.1 Å². The molecule has 1 N–H and O–H groups in total. The highest BCUT2D eigenvalue weighted by Gasteiger charge is 2.13. The topological polar surface area (TPSA) is 43.4 Å². The highest BCUT2D eigenvalue weighted by atomic mass is 79.9. The molecule has 0 unspecified atom stereocenters. The van der Waals surface area contributed by atoms with Gasteiger partial charge in [0.25, 0.3) is 0 Å². The lowest BCUT2D eigenvalue weighted by atomic mass is 10.2.